The van der Waals surface area contributed by atoms with Gasteiger partial charge in [0.2, 0.25) is 5.91 Å². The Bertz CT molecular complexity index is 784. The van der Waals surface area contributed by atoms with Gasteiger partial charge in [-0.25, -0.2) is 0 Å². The van der Waals surface area contributed by atoms with Crippen LogP contribution < -0.4 is 10.2 Å². The number of anilines is 2. The zero-order valence-electron chi connectivity index (χ0n) is 15.2. The van der Waals surface area contributed by atoms with Crippen molar-refractivity contribution in [1.29, 1.82) is 0 Å². The summed E-state index contributed by atoms with van der Waals surface area (Å²) in [5.74, 6) is -0.0427. The molecule has 1 aliphatic heterocycles. The molecule has 2 aromatic rings. The Labute approximate surface area is 154 Å². The molecule has 0 spiro atoms. The number of carbonyl (C=O) groups excluding carboxylic acids is 2. The van der Waals surface area contributed by atoms with Gasteiger partial charge in [0.1, 0.15) is 0 Å². The van der Waals surface area contributed by atoms with Gasteiger partial charge >= 0.3 is 0 Å². The van der Waals surface area contributed by atoms with Gasteiger partial charge in [-0.3, -0.25) is 9.59 Å². The molecule has 1 saturated heterocycles. The number of ether oxygens (including phenoxy) is 1. The van der Waals surface area contributed by atoms with E-state index in [1.165, 1.54) is 0 Å². The van der Waals surface area contributed by atoms with E-state index in [9.17, 15) is 9.59 Å². The van der Waals surface area contributed by atoms with Gasteiger partial charge in [0.15, 0.2) is 0 Å². The fraction of sp³-hybridized carbons (Fsp3) is 0.333. The Balaban J connectivity index is 1.65. The van der Waals surface area contributed by atoms with Gasteiger partial charge in [-0.2, -0.15) is 0 Å². The average molecular weight is 352 g/mol. The molecule has 0 bridgehead atoms. The van der Waals surface area contributed by atoms with E-state index in [1.807, 2.05) is 50.2 Å². The maximum atomic E-state index is 12.5. The lowest BCUT2D eigenvalue weighted by Gasteiger charge is -2.16. The highest BCUT2D eigenvalue weighted by Gasteiger charge is 2.21. The summed E-state index contributed by atoms with van der Waals surface area (Å²) >= 11 is 0. The van der Waals surface area contributed by atoms with Gasteiger partial charge in [-0.15, -0.1) is 0 Å². The Hall–Kier alpha value is -2.66. The second kappa shape index (κ2) is 8.15. The standard InChI is InChI=1S/C21H24N2O3/c1-15(2)26-14-16-8-10-17(11-9-16)21(25)22-18-5-3-6-19(13-18)23-12-4-7-20(23)24/h3,5-6,8-11,13,15H,4,7,12,14H2,1-2H3,(H,22,25). The van der Waals surface area contributed by atoms with Gasteiger partial charge in [0.05, 0.1) is 12.7 Å². The molecule has 2 aromatic carbocycles. The van der Waals surface area contributed by atoms with Gasteiger partial charge in [-0.1, -0.05) is 18.2 Å². The fourth-order valence-corrected chi connectivity index (χ4v) is 2.89. The van der Waals surface area contributed by atoms with Crippen molar-refractivity contribution in [3.05, 3.63) is 59.7 Å². The number of rotatable bonds is 6. The molecular formula is C21H24N2O3. The minimum absolute atomic E-state index is 0.132. The van der Waals surface area contributed by atoms with E-state index < -0.39 is 0 Å². The summed E-state index contributed by atoms with van der Waals surface area (Å²) in [6.45, 7) is 5.25. The van der Waals surface area contributed by atoms with Crippen LogP contribution in [0.4, 0.5) is 11.4 Å². The molecule has 26 heavy (non-hydrogen) atoms. The van der Waals surface area contributed by atoms with Crippen LogP contribution in [0.15, 0.2) is 48.5 Å². The molecule has 0 aromatic heterocycles. The first-order valence-electron chi connectivity index (χ1n) is 8.95. The molecule has 5 heteroatoms. The third-order valence-corrected chi connectivity index (χ3v) is 4.29. The second-order valence-electron chi connectivity index (χ2n) is 6.71. The van der Waals surface area contributed by atoms with Gasteiger partial charge < -0.3 is 15.0 Å². The summed E-state index contributed by atoms with van der Waals surface area (Å²) in [6.07, 6.45) is 1.64. The van der Waals surface area contributed by atoms with Crippen LogP contribution in [0.1, 0.15) is 42.6 Å². The van der Waals surface area contributed by atoms with Crippen LogP contribution in [-0.4, -0.2) is 24.5 Å². The summed E-state index contributed by atoms with van der Waals surface area (Å²) < 4.78 is 5.56. The number of amides is 2. The first kappa shape index (κ1) is 18.1. The lowest BCUT2D eigenvalue weighted by molar-refractivity contribution is -0.117. The second-order valence-corrected chi connectivity index (χ2v) is 6.71. The van der Waals surface area contributed by atoms with Crippen LogP contribution >= 0.6 is 0 Å². The highest BCUT2D eigenvalue weighted by atomic mass is 16.5. The van der Waals surface area contributed by atoms with Crippen LogP contribution in [0.2, 0.25) is 0 Å². The molecule has 0 atom stereocenters. The number of hydrogen-bond acceptors (Lipinski definition) is 3. The third-order valence-electron chi connectivity index (χ3n) is 4.29. The molecule has 0 saturated carbocycles. The van der Waals surface area contributed by atoms with Gasteiger partial charge in [-0.05, 0) is 56.2 Å². The van der Waals surface area contributed by atoms with Crippen molar-refractivity contribution in [1.82, 2.24) is 0 Å². The maximum Gasteiger partial charge on any atom is 0.255 e. The molecule has 1 heterocycles. The SMILES string of the molecule is CC(C)OCc1ccc(C(=O)Nc2cccc(N3CCCC3=O)c2)cc1. The van der Waals surface area contributed by atoms with Crippen molar-refractivity contribution in [3.8, 4) is 0 Å². The molecule has 1 aliphatic rings. The number of nitrogens with one attached hydrogen (secondary N) is 1. The predicted octanol–water partition coefficient (Wildman–Crippen LogP) is 3.99. The zero-order valence-corrected chi connectivity index (χ0v) is 15.2. The van der Waals surface area contributed by atoms with Gasteiger partial charge in [0.25, 0.3) is 5.91 Å². The van der Waals surface area contributed by atoms with Gasteiger partial charge in [0, 0.05) is 29.9 Å². The number of hydrogen-bond donors (Lipinski definition) is 1. The van der Waals surface area contributed by atoms with E-state index in [4.69, 9.17) is 4.74 Å². The smallest absolute Gasteiger partial charge is 0.255 e. The number of benzene rings is 2. The Morgan fingerprint density at radius 1 is 1.19 bits per heavy atom. The Morgan fingerprint density at radius 3 is 2.62 bits per heavy atom. The number of carbonyl (C=O) groups is 2. The Kier molecular flexibility index (Phi) is 5.68. The first-order valence-corrected chi connectivity index (χ1v) is 8.95. The van der Waals surface area contributed by atoms with Crippen molar-refractivity contribution in [2.75, 3.05) is 16.8 Å². The molecule has 0 unspecified atom stereocenters. The highest BCUT2D eigenvalue weighted by molar-refractivity contribution is 6.05. The van der Waals surface area contributed by atoms with E-state index in [1.54, 1.807) is 17.0 Å². The molecule has 3 rings (SSSR count). The molecular weight excluding hydrogens is 328 g/mol. The maximum absolute atomic E-state index is 12.5. The van der Waals surface area contributed by atoms with Crippen LogP contribution in [0.25, 0.3) is 0 Å². The molecule has 5 nitrogen and oxygen atoms in total. The van der Waals surface area contributed by atoms with Crippen molar-refractivity contribution in [2.45, 2.75) is 39.4 Å². The fourth-order valence-electron chi connectivity index (χ4n) is 2.89. The van der Waals surface area contributed by atoms with Crippen molar-refractivity contribution >= 4 is 23.2 Å². The molecule has 0 radical (unpaired) electrons. The van der Waals surface area contributed by atoms with Crippen LogP contribution in [0, 0.1) is 0 Å². The lowest BCUT2D eigenvalue weighted by Crippen LogP contribution is -2.23. The van der Waals surface area contributed by atoms with Crippen molar-refractivity contribution in [3.63, 3.8) is 0 Å². The molecule has 1 N–H and O–H groups in total. The van der Waals surface area contributed by atoms with Crippen LogP contribution in [-0.2, 0) is 16.1 Å². The quantitative estimate of drug-likeness (QED) is 0.855. The molecule has 136 valence electrons. The first-order chi connectivity index (χ1) is 12.5. The molecule has 2 amide bonds. The summed E-state index contributed by atoms with van der Waals surface area (Å²) in [4.78, 5) is 26.1. The normalized spacial score (nSPS) is 14.1. The lowest BCUT2D eigenvalue weighted by atomic mass is 10.1. The van der Waals surface area contributed by atoms with E-state index >= 15 is 0 Å². The average Bonchev–Trinajstić information content (AvgIpc) is 3.06. The van der Waals surface area contributed by atoms with Crippen LogP contribution in [0.5, 0.6) is 0 Å². The summed E-state index contributed by atoms with van der Waals surface area (Å²) in [6, 6.07) is 14.8. The van der Waals surface area contributed by atoms with E-state index in [0.29, 0.717) is 24.3 Å². The van der Waals surface area contributed by atoms with Crippen molar-refractivity contribution < 1.29 is 14.3 Å². The molecule has 1 fully saturated rings. The van der Waals surface area contributed by atoms with E-state index in [-0.39, 0.29) is 17.9 Å². The minimum Gasteiger partial charge on any atom is -0.374 e. The monoisotopic (exact) mass is 352 g/mol. The van der Waals surface area contributed by atoms with Crippen molar-refractivity contribution in [2.24, 2.45) is 0 Å². The Morgan fingerprint density at radius 2 is 1.96 bits per heavy atom. The van der Waals surface area contributed by atoms with Crippen LogP contribution in [0.3, 0.4) is 0 Å². The summed E-state index contributed by atoms with van der Waals surface area (Å²) in [5, 5.41) is 2.90. The zero-order chi connectivity index (χ0) is 18.5. The summed E-state index contributed by atoms with van der Waals surface area (Å²) in [7, 11) is 0. The van der Waals surface area contributed by atoms with E-state index in [2.05, 4.69) is 5.32 Å². The highest BCUT2D eigenvalue weighted by Crippen LogP contribution is 2.24. The van der Waals surface area contributed by atoms with E-state index in [0.717, 1.165) is 24.2 Å². The minimum atomic E-state index is -0.175. The third kappa shape index (κ3) is 4.49. The topological polar surface area (TPSA) is 58.6 Å². The molecule has 0 aliphatic carbocycles. The number of nitrogens with zero attached hydrogens (tertiary/aromatic N) is 1. The largest absolute Gasteiger partial charge is 0.374 e. The summed E-state index contributed by atoms with van der Waals surface area (Å²) in [5.41, 5.74) is 3.12. The predicted molar refractivity (Wildman–Crippen MR) is 102 cm³/mol.